The molecule has 0 unspecified atom stereocenters. The molecule has 0 aliphatic heterocycles. The van der Waals surface area contributed by atoms with Crippen molar-refractivity contribution in [1.29, 1.82) is 0 Å². The summed E-state index contributed by atoms with van der Waals surface area (Å²) in [6, 6.07) is 28.8. The summed E-state index contributed by atoms with van der Waals surface area (Å²) in [5.74, 6) is -1.14. The van der Waals surface area contributed by atoms with Crippen LogP contribution in [0.1, 0.15) is 26.3 Å². The highest BCUT2D eigenvalue weighted by Gasteiger charge is 2.20. The molecule has 8 nitrogen and oxygen atoms in total. The van der Waals surface area contributed by atoms with Gasteiger partial charge in [0.15, 0.2) is 0 Å². The number of aromatic carboxylic acids is 1. The average Bonchev–Trinajstić information content (AvgIpc) is 3.48. The van der Waals surface area contributed by atoms with Crippen LogP contribution in [-0.2, 0) is 6.61 Å². The van der Waals surface area contributed by atoms with Crippen molar-refractivity contribution in [2.75, 3.05) is 5.32 Å². The minimum absolute atomic E-state index is 0.0344. The van der Waals surface area contributed by atoms with E-state index in [1.54, 1.807) is 30.3 Å². The third kappa shape index (κ3) is 5.38. The standard InChI is InChI=1S/C29H21N3O5/c33-27(31-25-16-21(11-13-23(25)29(34)35)20-9-5-2-6-10-20)24-15-22(28-32-30-18-37-28)12-14-26(24)36-17-19-7-3-1-4-8-19/h1-16,18H,17H2,(H,31,33)(H,34,35). The normalized spacial score (nSPS) is 10.6. The molecule has 1 aromatic heterocycles. The van der Waals surface area contributed by atoms with E-state index in [-0.39, 0.29) is 29.3 Å². The van der Waals surface area contributed by atoms with Gasteiger partial charge in [-0.05, 0) is 47.0 Å². The van der Waals surface area contributed by atoms with Gasteiger partial charge in [0.2, 0.25) is 12.3 Å². The fourth-order valence-electron chi connectivity index (χ4n) is 3.83. The van der Waals surface area contributed by atoms with Gasteiger partial charge in [0.25, 0.3) is 5.91 Å². The molecular formula is C29H21N3O5. The molecule has 0 bridgehead atoms. The molecule has 5 rings (SSSR count). The van der Waals surface area contributed by atoms with Crippen LogP contribution in [0.25, 0.3) is 22.6 Å². The van der Waals surface area contributed by atoms with Crippen molar-refractivity contribution < 1.29 is 23.8 Å². The van der Waals surface area contributed by atoms with Gasteiger partial charge >= 0.3 is 5.97 Å². The van der Waals surface area contributed by atoms with Gasteiger partial charge in [-0.15, -0.1) is 10.2 Å². The summed E-state index contributed by atoms with van der Waals surface area (Å²) in [5, 5.41) is 20.1. The number of carboxylic acids is 1. The van der Waals surface area contributed by atoms with Crippen molar-refractivity contribution in [3.8, 4) is 28.3 Å². The largest absolute Gasteiger partial charge is 0.488 e. The zero-order chi connectivity index (χ0) is 25.6. The Morgan fingerprint density at radius 2 is 1.54 bits per heavy atom. The number of hydrogen-bond acceptors (Lipinski definition) is 6. The number of benzene rings is 4. The highest BCUT2D eigenvalue weighted by molar-refractivity contribution is 6.10. The van der Waals surface area contributed by atoms with Crippen molar-refractivity contribution in [2.24, 2.45) is 0 Å². The minimum Gasteiger partial charge on any atom is -0.488 e. The summed E-state index contributed by atoms with van der Waals surface area (Å²) in [7, 11) is 0. The van der Waals surface area contributed by atoms with Crippen LogP contribution in [0.5, 0.6) is 5.75 Å². The second-order valence-electron chi connectivity index (χ2n) is 8.11. The summed E-state index contributed by atoms with van der Waals surface area (Å²) in [5.41, 5.74) is 3.42. The number of hydrogen-bond donors (Lipinski definition) is 2. The first-order valence-electron chi connectivity index (χ1n) is 11.4. The Kier molecular flexibility index (Phi) is 6.72. The highest BCUT2D eigenvalue weighted by atomic mass is 16.5. The van der Waals surface area contributed by atoms with Gasteiger partial charge in [0.1, 0.15) is 12.4 Å². The molecule has 0 spiro atoms. The van der Waals surface area contributed by atoms with Gasteiger partial charge in [-0.25, -0.2) is 4.79 Å². The number of nitrogens with one attached hydrogen (secondary N) is 1. The van der Waals surface area contributed by atoms with Gasteiger partial charge in [-0.1, -0.05) is 66.7 Å². The summed E-state index contributed by atoms with van der Waals surface area (Å²) >= 11 is 0. The molecule has 1 amide bonds. The lowest BCUT2D eigenvalue weighted by molar-refractivity contribution is 0.0698. The van der Waals surface area contributed by atoms with Crippen molar-refractivity contribution in [2.45, 2.75) is 6.61 Å². The molecule has 0 atom stereocenters. The second kappa shape index (κ2) is 10.6. The molecule has 0 fully saturated rings. The molecule has 0 radical (unpaired) electrons. The lowest BCUT2D eigenvalue weighted by Crippen LogP contribution is -2.16. The zero-order valence-corrected chi connectivity index (χ0v) is 19.5. The molecule has 0 saturated heterocycles. The van der Waals surface area contributed by atoms with E-state index in [1.165, 1.54) is 12.5 Å². The Morgan fingerprint density at radius 3 is 2.24 bits per heavy atom. The predicted molar refractivity (Wildman–Crippen MR) is 137 cm³/mol. The van der Waals surface area contributed by atoms with E-state index in [0.717, 1.165) is 16.7 Å². The van der Waals surface area contributed by atoms with Crippen LogP contribution < -0.4 is 10.1 Å². The van der Waals surface area contributed by atoms with Crippen molar-refractivity contribution >= 4 is 17.6 Å². The molecule has 8 heteroatoms. The molecule has 0 saturated carbocycles. The molecule has 5 aromatic rings. The minimum atomic E-state index is -1.16. The first kappa shape index (κ1) is 23.5. The number of amides is 1. The van der Waals surface area contributed by atoms with Crippen LogP contribution in [-0.4, -0.2) is 27.2 Å². The van der Waals surface area contributed by atoms with Gasteiger partial charge in [0.05, 0.1) is 16.8 Å². The van der Waals surface area contributed by atoms with E-state index in [9.17, 15) is 14.7 Å². The highest BCUT2D eigenvalue weighted by Crippen LogP contribution is 2.30. The van der Waals surface area contributed by atoms with E-state index in [1.807, 2.05) is 60.7 Å². The lowest BCUT2D eigenvalue weighted by atomic mass is 10.0. The maximum absolute atomic E-state index is 13.5. The first-order valence-corrected chi connectivity index (χ1v) is 11.4. The molecule has 2 N–H and O–H groups in total. The van der Waals surface area contributed by atoms with Crippen LogP contribution in [0.15, 0.2) is 108 Å². The van der Waals surface area contributed by atoms with Crippen molar-refractivity contribution in [3.05, 3.63) is 120 Å². The number of aromatic nitrogens is 2. The lowest BCUT2D eigenvalue weighted by Gasteiger charge is -2.15. The van der Waals surface area contributed by atoms with Gasteiger partial charge in [0, 0.05) is 5.56 Å². The summed E-state index contributed by atoms with van der Waals surface area (Å²) in [4.78, 5) is 25.5. The molecule has 0 aliphatic carbocycles. The van der Waals surface area contributed by atoms with Gasteiger partial charge in [-0.2, -0.15) is 0 Å². The van der Waals surface area contributed by atoms with Gasteiger partial charge in [-0.3, -0.25) is 4.79 Å². The molecule has 37 heavy (non-hydrogen) atoms. The van der Waals surface area contributed by atoms with Gasteiger partial charge < -0.3 is 19.6 Å². The number of carbonyl (C=O) groups excluding carboxylic acids is 1. The first-order chi connectivity index (χ1) is 18.1. The van der Waals surface area contributed by atoms with E-state index in [2.05, 4.69) is 15.5 Å². The quantitative estimate of drug-likeness (QED) is 0.276. The second-order valence-corrected chi connectivity index (χ2v) is 8.11. The number of carboxylic acid groups (broad SMARTS) is 1. The van der Waals surface area contributed by atoms with Crippen LogP contribution in [0.4, 0.5) is 5.69 Å². The van der Waals surface area contributed by atoms with Crippen LogP contribution in [0.2, 0.25) is 0 Å². The van der Waals surface area contributed by atoms with E-state index in [4.69, 9.17) is 9.15 Å². The summed E-state index contributed by atoms with van der Waals surface area (Å²) in [6.07, 6.45) is 1.20. The SMILES string of the molecule is O=C(O)c1ccc(-c2ccccc2)cc1NC(=O)c1cc(-c2nnco2)ccc1OCc1ccccc1. The number of anilines is 1. The summed E-state index contributed by atoms with van der Waals surface area (Å²) < 4.78 is 11.3. The molecular weight excluding hydrogens is 470 g/mol. The maximum Gasteiger partial charge on any atom is 0.337 e. The van der Waals surface area contributed by atoms with E-state index < -0.39 is 11.9 Å². The van der Waals surface area contributed by atoms with Crippen LogP contribution in [0.3, 0.4) is 0 Å². The van der Waals surface area contributed by atoms with Crippen molar-refractivity contribution in [3.63, 3.8) is 0 Å². The Hall–Kier alpha value is -5.24. The predicted octanol–water partition coefficient (Wildman–Crippen LogP) is 5.93. The third-order valence-corrected chi connectivity index (χ3v) is 5.67. The van der Waals surface area contributed by atoms with Crippen LogP contribution >= 0.6 is 0 Å². The average molecular weight is 492 g/mol. The maximum atomic E-state index is 13.5. The van der Waals surface area contributed by atoms with Crippen molar-refractivity contribution in [1.82, 2.24) is 10.2 Å². The Bertz CT molecular complexity index is 1540. The number of rotatable bonds is 8. The van der Waals surface area contributed by atoms with Crippen LogP contribution in [0, 0.1) is 0 Å². The fraction of sp³-hybridized carbons (Fsp3) is 0.0345. The number of ether oxygens (including phenoxy) is 1. The topological polar surface area (TPSA) is 115 Å². The Morgan fingerprint density at radius 1 is 0.811 bits per heavy atom. The Labute approximate surface area is 212 Å². The monoisotopic (exact) mass is 491 g/mol. The molecule has 1 heterocycles. The third-order valence-electron chi connectivity index (χ3n) is 5.67. The smallest absolute Gasteiger partial charge is 0.337 e. The molecule has 4 aromatic carbocycles. The zero-order valence-electron chi connectivity index (χ0n) is 19.5. The summed E-state index contributed by atoms with van der Waals surface area (Å²) in [6.45, 7) is 0.241. The van der Waals surface area contributed by atoms with E-state index in [0.29, 0.717) is 11.3 Å². The molecule has 0 aliphatic rings. The fourth-order valence-corrected chi connectivity index (χ4v) is 3.83. The number of carbonyl (C=O) groups is 2. The Balaban J connectivity index is 1.50. The number of nitrogens with zero attached hydrogens (tertiary/aromatic N) is 2. The van der Waals surface area contributed by atoms with E-state index >= 15 is 0 Å². The molecule has 182 valence electrons.